The molecule has 15 heavy (non-hydrogen) atoms. The fraction of sp³-hybridized carbons (Fsp3) is 0.667. The van der Waals surface area contributed by atoms with Crippen molar-refractivity contribution in [2.24, 2.45) is 10.4 Å². The first kappa shape index (κ1) is 10.2. The topological polar surface area (TPSA) is 89.3 Å². The van der Waals surface area contributed by atoms with Gasteiger partial charge in [0.1, 0.15) is 6.54 Å². The summed E-state index contributed by atoms with van der Waals surface area (Å²) in [6.45, 7) is 0.704. The Bertz CT molecular complexity index is 345. The molecule has 9 heteroatoms. The molecule has 0 aliphatic carbocycles. The predicted octanol–water partition coefficient (Wildman–Crippen LogP) is -0.266. The van der Waals surface area contributed by atoms with Gasteiger partial charge >= 0.3 is 11.1 Å². The molecule has 0 aromatic heterocycles. The van der Waals surface area contributed by atoms with Gasteiger partial charge in [-0.2, -0.15) is 5.43 Å². The molecule has 2 atom stereocenters. The molecule has 0 aromatic rings. The van der Waals surface area contributed by atoms with Crippen LogP contribution in [0.4, 0.5) is 4.79 Å². The Morgan fingerprint density at radius 2 is 2.60 bits per heavy atom. The number of nitrogens with one attached hydrogen (secondary N) is 2. The number of quaternary nitrogens is 1. The molecule has 82 valence electrons. The van der Waals surface area contributed by atoms with Crippen LogP contribution in [0.15, 0.2) is 10.4 Å². The molecule has 2 heterocycles. The summed E-state index contributed by atoms with van der Waals surface area (Å²) < 4.78 is 0.106. The van der Waals surface area contributed by atoms with E-state index >= 15 is 0 Å². The van der Waals surface area contributed by atoms with Gasteiger partial charge in [-0.1, -0.05) is 4.59 Å². The number of urea groups is 1. The fourth-order valence-electron chi connectivity index (χ4n) is 1.54. The van der Waals surface area contributed by atoms with Crippen molar-refractivity contribution in [2.45, 2.75) is 12.6 Å². The van der Waals surface area contributed by atoms with Gasteiger partial charge in [-0.25, -0.2) is 9.86 Å². The minimum absolute atomic E-state index is 0.106. The number of hydrogen-bond donors (Lipinski definition) is 3. The highest BCUT2D eigenvalue weighted by molar-refractivity contribution is 7.79. The van der Waals surface area contributed by atoms with Crippen molar-refractivity contribution >= 4 is 23.4 Å². The van der Waals surface area contributed by atoms with E-state index in [1.54, 1.807) is 0 Å². The van der Waals surface area contributed by atoms with Crippen LogP contribution in [0, 0.1) is 0 Å². The lowest BCUT2D eigenvalue weighted by Gasteiger charge is -2.41. The third-order valence-electron chi connectivity index (χ3n) is 2.54. The summed E-state index contributed by atoms with van der Waals surface area (Å²) in [5.41, 5.74) is 2.58. The Labute approximate surface area is 91.0 Å². The second-order valence-electron chi connectivity index (χ2n) is 3.43. The van der Waals surface area contributed by atoms with E-state index in [-0.39, 0.29) is 10.8 Å². The van der Waals surface area contributed by atoms with Crippen molar-refractivity contribution in [1.82, 2.24) is 15.8 Å². The zero-order valence-corrected chi connectivity index (χ0v) is 8.86. The van der Waals surface area contributed by atoms with Crippen LogP contribution >= 0.6 is 12.2 Å². The van der Waals surface area contributed by atoms with Crippen LogP contribution in [-0.2, 0) is 0 Å². The SMILES string of the molecule is CN(O)C(=O)NC1CC[N+]12N=NNC2=S. The molecular formula is C6H11N6O2S+. The highest BCUT2D eigenvalue weighted by atomic mass is 32.1. The van der Waals surface area contributed by atoms with Gasteiger partial charge in [-0.3, -0.25) is 10.5 Å². The molecule has 1 saturated heterocycles. The van der Waals surface area contributed by atoms with Crippen LogP contribution in [-0.4, -0.2) is 45.8 Å². The quantitative estimate of drug-likeness (QED) is 0.251. The van der Waals surface area contributed by atoms with Crippen LogP contribution in [0.2, 0.25) is 0 Å². The molecule has 1 fully saturated rings. The highest BCUT2D eigenvalue weighted by Gasteiger charge is 2.56. The lowest BCUT2D eigenvalue weighted by Crippen LogP contribution is -2.70. The Morgan fingerprint density at radius 3 is 3.00 bits per heavy atom. The second-order valence-corrected chi connectivity index (χ2v) is 3.82. The molecule has 2 unspecified atom stereocenters. The first-order chi connectivity index (χ1) is 7.06. The van der Waals surface area contributed by atoms with Gasteiger partial charge in [0.15, 0.2) is 0 Å². The molecule has 0 bridgehead atoms. The van der Waals surface area contributed by atoms with E-state index in [1.165, 1.54) is 7.05 Å². The third-order valence-corrected chi connectivity index (χ3v) is 2.95. The average Bonchev–Trinajstić information content (AvgIpc) is 2.56. The lowest BCUT2D eigenvalue weighted by molar-refractivity contribution is -0.917. The molecule has 2 rings (SSSR count). The maximum Gasteiger partial charge on any atom is 0.345 e. The first-order valence-electron chi connectivity index (χ1n) is 4.40. The van der Waals surface area contributed by atoms with Crippen LogP contribution in [0.25, 0.3) is 0 Å². The molecule has 8 nitrogen and oxygen atoms in total. The summed E-state index contributed by atoms with van der Waals surface area (Å²) >= 11 is 5.05. The predicted molar refractivity (Wildman–Crippen MR) is 52.2 cm³/mol. The van der Waals surface area contributed by atoms with Gasteiger partial charge in [0.05, 0.1) is 11.6 Å². The number of nitrogens with zero attached hydrogens (tertiary/aromatic N) is 4. The van der Waals surface area contributed by atoms with Crippen molar-refractivity contribution in [3.8, 4) is 0 Å². The van der Waals surface area contributed by atoms with Crippen molar-refractivity contribution < 1.29 is 14.6 Å². The second kappa shape index (κ2) is 3.36. The van der Waals surface area contributed by atoms with Crippen molar-refractivity contribution in [3.05, 3.63) is 0 Å². The molecule has 0 radical (unpaired) electrons. The van der Waals surface area contributed by atoms with Gasteiger partial charge in [-0.05, 0) is 5.22 Å². The van der Waals surface area contributed by atoms with E-state index in [9.17, 15) is 4.79 Å². The van der Waals surface area contributed by atoms with Crippen LogP contribution in [0.1, 0.15) is 6.42 Å². The number of thiocarbonyl (C=S) groups is 1. The van der Waals surface area contributed by atoms with E-state index < -0.39 is 6.03 Å². The number of rotatable bonds is 1. The Kier molecular flexibility index (Phi) is 2.29. The monoisotopic (exact) mass is 231 g/mol. The largest absolute Gasteiger partial charge is 0.345 e. The molecule has 2 aliphatic heterocycles. The smallest absolute Gasteiger partial charge is 0.285 e. The molecule has 2 amide bonds. The maximum atomic E-state index is 11.2. The van der Waals surface area contributed by atoms with Crippen molar-refractivity contribution in [2.75, 3.05) is 13.6 Å². The lowest BCUT2D eigenvalue weighted by atomic mass is 10.1. The zero-order chi connectivity index (χ0) is 11.1. The number of amides is 2. The zero-order valence-electron chi connectivity index (χ0n) is 8.04. The summed E-state index contributed by atoms with van der Waals surface area (Å²) in [5.74, 6) is 0. The average molecular weight is 231 g/mol. The van der Waals surface area contributed by atoms with Crippen LogP contribution in [0.5, 0.6) is 0 Å². The minimum Gasteiger partial charge on any atom is -0.285 e. The summed E-state index contributed by atoms with van der Waals surface area (Å²) in [4.78, 5) is 11.2. The third kappa shape index (κ3) is 1.44. The van der Waals surface area contributed by atoms with E-state index in [0.29, 0.717) is 16.7 Å². The number of hydroxylamine groups is 2. The van der Waals surface area contributed by atoms with Crippen LogP contribution < -0.4 is 10.7 Å². The summed E-state index contributed by atoms with van der Waals surface area (Å²) in [7, 11) is 1.25. The van der Waals surface area contributed by atoms with E-state index in [1.807, 2.05) is 0 Å². The van der Waals surface area contributed by atoms with Gasteiger partial charge in [0.2, 0.25) is 6.17 Å². The van der Waals surface area contributed by atoms with Gasteiger partial charge < -0.3 is 0 Å². The van der Waals surface area contributed by atoms with Crippen molar-refractivity contribution in [3.63, 3.8) is 0 Å². The Hall–Kier alpha value is -1.32. The Balaban J connectivity index is 2.04. The summed E-state index contributed by atoms with van der Waals surface area (Å²) in [5, 5.41) is 20.0. The van der Waals surface area contributed by atoms with Crippen molar-refractivity contribution in [1.29, 1.82) is 0 Å². The number of carbonyl (C=O) groups is 1. The molecule has 1 spiro atoms. The summed E-state index contributed by atoms with van der Waals surface area (Å²) in [6, 6.07) is -0.581. The molecular weight excluding hydrogens is 220 g/mol. The fourth-order valence-corrected chi connectivity index (χ4v) is 1.84. The maximum absolute atomic E-state index is 11.2. The standard InChI is InChI=1S/C6H10N6O2S/c1-11(14)5(13)7-4-2-3-12(4)6(15)8-9-10-12/h4,14H,2-3H2,1H3,(H-,7,8,10,13,15)/p+1. The van der Waals surface area contributed by atoms with E-state index in [4.69, 9.17) is 17.4 Å². The molecule has 0 aromatic carbocycles. The van der Waals surface area contributed by atoms with Gasteiger partial charge in [0.25, 0.3) is 0 Å². The molecule has 2 aliphatic rings. The minimum atomic E-state index is -0.581. The normalized spacial score (nSPS) is 32.4. The summed E-state index contributed by atoms with van der Waals surface area (Å²) in [6.07, 6.45) is 0.499. The number of carbonyl (C=O) groups excluding carboxylic acids is 1. The molecule has 3 N–H and O–H groups in total. The molecule has 0 saturated carbocycles. The van der Waals surface area contributed by atoms with E-state index in [2.05, 4.69) is 21.2 Å². The van der Waals surface area contributed by atoms with E-state index in [0.717, 1.165) is 6.42 Å². The van der Waals surface area contributed by atoms with Gasteiger partial charge in [-0.15, -0.1) is 0 Å². The highest BCUT2D eigenvalue weighted by Crippen LogP contribution is 2.31. The number of hydrogen-bond acceptors (Lipinski definition) is 5. The first-order valence-corrected chi connectivity index (χ1v) is 4.81. The van der Waals surface area contributed by atoms with Gasteiger partial charge in [0, 0.05) is 19.3 Å². The van der Waals surface area contributed by atoms with Crippen LogP contribution in [0.3, 0.4) is 0 Å². The Morgan fingerprint density at radius 1 is 1.87 bits per heavy atom.